The molecule has 0 radical (unpaired) electrons. The second-order valence-corrected chi connectivity index (χ2v) is 9.13. The SMILES string of the molecule is COc1cc(C2=C(C(C)(C)C)C(C)(C)CO2)ccc1C1=NOC(O)(C(F)(F)F)C1. The molecule has 160 valence electrons. The number of oxime groups is 1. The lowest BCUT2D eigenvalue weighted by Crippen LogP contribution is -2.45. The standard InChI is InChI=1S/C21H26F3NO4/c1-18(2,3)17-16(28-11-19(17,4)5)12-7-8-13(15(9-12)27-6)14-10-20(26,29-25-14)21(22,23)24/h7-9,26H,10-11H2,1-6H3. The van der Waals surface area contributed by atoms with Gasteiger partial charge in [-0.25, -0.2) is 0 Å². The van der Waals surface area contributed by atoms with Crippen LogP contribution >= 0.6 is 0 Å². The summed E-state index contributed by atoms with van der Waals surface area (Å²) in [7, 11) is 1.42. The van der Waals surface area contributed by atoms with Gasteiger partial charge >= 0.3 is 12.0 Å². The summed E-state index contributed by atoms with van der Waals surface area (Å²) in [5.74, 6) is -2.25. The molecule has 1 aromatic carbocycles. The Morgan fingerprint density at radius 3 is 2.34 bits per heavy atom. The molecule has 0 bridgehead atoms. The molecule has 1 atom stereocenters. The lowest BCUT2D eigenvalue weighted by molar-refractivity contribution is -0.355. The van der Waals surface area contributed by atoms with Gasteiger partial charge in [0.15, 0.2) is 0 Å². The molecular weight excluding hydrogens is 387 g/mol. The first-order valence-corrected chi connectivity index (χ1v) is 9.30. The molecule has 8 heteroatoms. The zero-order chi connectivity index (χ0) is 21.8. The van der Waals surface area contributed by atoms with E-state index in [2.05, 4.69) is 44.6 Å². The second-order valence-electron chi connectivity index (χ2n) is 9.13. The first-order chi connectivity index (χ1) is 13.2. The predicted molar refractivity (Wildman–Crippen MR) is 102 cm³/mol. The molecule has 0 fully saturated rings. The number of hydrogen-bond donors (Lipinski definition) is 1. The van der Waals surface area contributed by atoms with E-state index < -0.39 is 18.4 Å². The molecule has 1 unspecified atom stereocenters. The van der Waals surface area contributed by atoms with Crippen molar-refractivity contribution >= 4 is 11.5 Å². The van der Waals surface area contributed by atoms with E-state index in [4.69, 9.17) is 9.47 Å². The van der Waals surface area contributed by atoms with E-state index in [-0.39, 0.29) is 16.5 Å². The molecule has 0 aliphatic carbocycles. The molecule has 5 nitrogen and oxygen atoms in total. The van der Waals surface area contributed by atoms with Crippen LogP contribution in [0.5, 0.6) is 5.75 Å². The van der Waals surface area contributed by atoms with Gasteiger partial charge in [0.1, 0.15) is 11.5 Å². The van der Waals surface area contributed by atoms with E-state index in [1.807, 2.05) is 0 Å². The molecule has 2 heterocycles. The van der Waals surface area contributed by atoms with Gasteiger partial charge in [-0.15, -0.1) is 0 Å². The van der Waals surface area contributed by atoms with Crippen molar-refractivity contribution in [2.75, 3.05) is 13.7 Å². The average molecular weight is 413 g/mol. The molecular formula is C21H26F3NO4. The fraction of sp³-hybridized carbons (Fsp3) is 0.571. The summed E-state index contributed by atoms with van der Waals surface area (Å²) in [6.07, 6.45) is -5.77. The summed E-state index contributed by atoms with van der Waals surface area (Å²) in [4.78, 5) is 4.32. The summed E-state index contributed by atoms with van der Waals surface area (Å²) in [6.45, 7) is 11.1. The molecule has 0 spiro atoms. The highest BCUT2D eigenvalue weighted by Crippen LogP contribution is 2.50. The zero-order valence-electron chi connectivity index (χ0n) is 17.4. The number of rotatable bonds is 3. The molecule has 2 aliphatic heterocycles. The zero-order valence-corrected chi connectivity index (χ0v) is 17.4. The van der Waals surface area contributed by atoms with E-state index >= 15 is 0 Å². The molecule has 2 aliphatic rings. The minimum absolute atomic E-state index is 0.0362. The molecule has 29 heavy (non-hydrogen) atoms. The molecule has 0 amide bonds. The number of benzene rings is 1. The van der Waals surface area contributed by atoms with Crippen LogP contribution in [0.25, 0.3) is 5.76 Å². The Morgan fingerprint density at radius 2 is 1.83 bits per heavy atom. The van der Waals surface area contributed by atoms with Crippen LogP contribution in [0.1, 0.15) is 52.2 Å². The number of halogens is 3. The summed E-state index contributed by atoms with van der Waals surface area (Å²) < 4.78 is 50.5. The van der Waals surface area contributed by atoms with Crippen molar-refractivity contribution in [1.29, 1.82) is 0 Å². The molecule has 0 saturated carbocycles. The van der Waals surface area contributed by atoms with Crippen LogP contribution in [0, 0.1) is 10.8 Å². The number of ether oxygens (including phenoxy) is 2. The minimum Gasteiger partial charge on any atom is -0.496 e. The minimum atomic E-state index is -4.96. The highest BCUT2D eigenvalue weighted by Gasteiger charge is 2.60. The van der Waals surface area contributed by atoms with Crippen LogP contribution < -0.4 is 4.74 Å². The van der Waals surface area contributed by atoms with Crippen molar-refractivity contribution in [3.05, 3.63) is 34.9 Å². The summed E-state index contributed by atoms with van der Waals surface area (Å²) in [6, 6.07) is 5.08. The van der Waals surface area contributed by atoms with Crippen molar-refractivity contribution < 1.29 is 32.6 Å². The number of methoxy groups -OCH3 is 1. The van der Waals surface area contributed by atoms with Crippen LogP contribution in [0.3, 0.4) is 0 Å². The Kier molecular flexibility index (Phi) is 4.93. The van der Waals surface area contributed by atoms with Crippen molar-refractivity contribution in [2.45, 2.75) is 53.0 Å². The van der Waals surface area contributed by atoms with E-state index in [1.54, 1.807) is 18.2 Å². The van der Waals surface area contributed by atoms with Gasteiger partial charge in [-0.2, -0.15) is 13.2 Å². The Morgan fingerprint density at radius 1 is 1.17 bits per heavy atom. The van der Waals surface area contributed by atoms with Crippen molar-refractivity contribution in [3.8, 4) is 5.75 Å². The molecule has 1 aromatic rings. The summed E-state index contributed by atoms with van der Waals surface area (Å²) >= 11 is 0. The Hall–Kier alpha value is -2.22. The Balaban J connectivity index is 2.01. The number of nitrogens with zero attached hydrogens (tertiary/aromatic N) is 1. The predicted octanol–water partition coefficient (Wildman–Crippen LogP) is 4.88. The largest absolute Gasteiger partial charge is 0.496 e. The lowest BCUT2D eigenvalue weighted by Gasteiger charge is -2.31. The van der Waals surface area contributed by atoms with Gasteiger partial charge in [0.05, 0.1) is 25.8 Å². The van der Waals surface area contributed by atoms with Crippen molar-refractivity contribution in [1.82, 2.24) is 0 Å². The van der Waals surface area contributed by atoms with Crippen molar-refractivity contribution in [3.63, 3.8) is 0 Å². The maximum absolute atomic E-state index is 13.0. The third-order valence-corrected chi connectivity index (χ3v) is 5.16. The highest BCUT2D eigenvalue weighted by molar-refractivity contribution is 6.04. The third kappa shape index (κ3) is 3.70. The molecule has 1 N–H and O–H groups in total. The normalized spacial score (nSPS) is 24.3. The maximum Gasteiger partial charge on any atom is 0.458 e. The quantitative estimate of drug-likeness (QED) is 0.767. The van der Waals surface area contributed by atoms with Gasteiger partial charge in [-0.3, -0.25) is 0 Å². The summed E-state index contributed by atoms with van der Waals surface area (Å²) in [5, 5.41) is 13.2. The fourth-order valence-electron chi connectivity index (χ4n) is 4.08. The topological polar surface area (TPSA) is 60.3 Å². The van der Waals surface area contributed by atoms with Gasteiger partial charge in [0, 0.05) is 16.5 Å². The monoisotopic (exact) mass is 413 g/mol. The van der Waals surface area contributed by atoms with Gasteiger partial charge < -0.3 is 19.4 Å². The average Bonchev–Trinajstić information content (AvgIpc) is 3.14. The van der Waals surface area contributed by atoms with Crippen LogP contribution in [-0.2, 0) is 9.57 Å². The van der Waals surface area contributed by atoms with Crippen molar-refractivity contribution in [2.24, 2.45) is 16.0 Å². The van der Waals surface area contributed by atoms with E-state index in [0.717, 1.165) is 16.9 Å². The van der Waals surface area contributed by atoms with Gasteiger partial charge in [0.25, 0.3) is 0 Å². The third-order valence-electron chi connectivity index (χ3n) is 5.16. The maximum atomic E-state index is 13.0. The van der Waals surface area contributed by atoms with Crippen LogP contribution in [0.4, 0.5) is 13.2 Å². The van der Waals surface area contributed by atoms with E-state index in [9.17, 15) is 18.3 Å². The Labute approximate surface area is 168 Å². The fourth-order valence-corrected chi connectivity index (χ4v) is 4.08. The van der Waals surface area contributed by atoms with E-state index in [1.165, 1.54) is 7.11 Å². The first-order valence-electron chi connectivity index (χ1n) is 9.30. The summed E-state index contributed by atoms with van der Waals surface area (Å²) in [5.41, 5.74) is 1.94. The van der Waals surface area contributed by atoms with Gasteiger partial charge in [-0.1, -0.05) is 45.8 Å². The first kappa shape index (κ1) is 21.5. The van der Waals surface area contributed by atoms with Crippen LogP contribution in [-0.4, -0.2) is 36.5 Å². The molecule has 3 rings (SSSR count). The van der Waals surface area contributed by atoms with Gasteiger partial charge in [-0.05, 0) is 23.1 Å². The number of aliphatic hydroxyl groups is 1. The second kappa shape index (κ2) is 6.65. The molecule has 0 saturated heterocycles. The Bertz CT molecular complexity index is 881. The van der Waals surface area contributed by atoms with Gasteiger partial charge in [0.2, 0.25) is 0 Å². The number of hydrogen-bond acceptors (Lipinski definition) is 5. The van der Waals surface area contributed by atoms with Crippen LogP contribution in [0.2, 0.25) is 0 Å². The highest BCUT2D eigenvalue weighted by atomic mass is 19.4. The van der Waals surface area contributed by atoms with E-state index in [0.29, 0.717) is 17.9 Å². The number of alkyl halides is 3. The smallest absolute Gasteiger partial charge is 0.458 e. The van der Waals surface area contributed by atoms with Crippen LogP contribution in [0.15, 0.2) is 28.9 Å². The lowest BCUT2D eigenvalue weighted by atomic mass is 9.71. The molecule has 0 aromatic heterocycles.